The minimum Gasteiger partial charge on any atom is -0.496 e. The zero-order valence-electron chi connectivity index (χ0n) is 15.4. The predicted octanol–water partition coefficient (Wildman–Crippen LogP) is 4.71. The number of nitrogens with zero attached hydrogens (tertiary/aromatic N) is 2. The van der Waals surface area contributed by atoms with Crippen LogP contribution in [-0.4, -0.2) is 17.1 Å². The van der Waals surface area contributed by atoms with Crippen molar-refractivity contribution in [3.8, 4) is 5.75 Å². The highest BCUT2D eigenvalue weighted by molar-refractivity contribution is 5.63. The Morgan fingerprint density at radius 2 is 1.81 bits per heavy atom. The van der Waals surface area contributed by atoms with Gasteiger partial charge in [-0.2, -0.15) is 4.98 Å². The Morgan fingerprint density at radius 1 is 1.00 bits per heavy atom. The lowest BCUT2D eigenvalue weighted by Crippen LogP contribution is -2.06. The molecule has 5 heteroatoms. The normalized spacial score (nSPS) is 10.4. The molecule has 3 rings (SSSR count). The Labute approximate surface area is 154 Å². The van der Waals surface area contributed by atoms with Gasteiger partial charge in [-0.3, -0.25) is 0 Å². The van der Waals surface area contributed by atoms with E-state index >= 15 is 0 Å². The molecule has 5 nitrogen and oxygen atoms in total. The number of anilines is 3. The molecule has 134 valence electrons. The molecule has 0 amide bonds. The maximum absolute atomic E-state index is 5.39. The van der Waals surface area contributed by atoms with Crippen LogP contribution in [0.5, 0.6) is 5.75 Å². The predicted molar refractivity (Wildman–Crippen MR) is 106 cm³/mol. The summed E-state index contributed by atoms with van der Waals surface area (Å²) in [6.07, 6.45) is 2.71. The highest BCUT2D eigenvalue weighted by atomic mass is 16.5. The molecule has 0 unspecified atom stereocenters. The average molecular weight is 348 g/mol. The number of hydrogen-bond acceptors (Lipinski definition) is 5. The van der Waals surface area contributed by atoms with E-state index in [1.54, 1.807) is 13.3 Å². The van der Waals surface area contributed by atoms with E-state index in [-0.39, 0.29) is 0 Å². The second kappa shape index (κ2) is 8.34. The standard InChI is InChI=1S/C21H24N4O/c1-4-16-10-7-8-15(2)20(16)25-21-22-13-12-19(24-21)23-14-17-9-5-6-11-18(17)26-3/h5-13H,4,14H2,1-3H3,(H2,22,23,24,25). The smallest absolute Gasteiger partial charge is 0.229 e. The van der Waals surface area contributed by atoms with Gasteiger partial charge in [0, 0.05) is 24.0 Å². The van der Waals surface area contributed by atoms with Crippen molar-refractivity contribution in [3.05, 3.63) is 71.4 Å². The van der Waals surface area contributed by atoms with Crippen molar-refractivity contribution in [2.75, 3.05) is 17.7 Å². The number of rotatable bonds is 7. The van der Waals surface area contributed by atoms with Gasteiger partial charge in [0.2, 0.25) is 5.95 Å². The molecule has 3 aromatic rings. The number of aromatic nitrogens is 2. The van der Waals surface area contributed by atoms with Crippen molar-refractivity contribution in [2.45, 2.75) is 26.8 Å². The molecular weight excluding hydrogens is 324 g/mol. The minimum atomic E-state index is 0.582. The van der Waals surface area contributed by atoms with Gasteiger partial charge in [-0.25, -0.2) is 4.98 Å². The first-order valence-electron chi connectivity index (χ1n) is 8.75. The third-order valence-electron chi connectivity index (χ3n) is 4.28. The lowest BCUT2D eigenvalue weighted by Gasteiger charge is -2.14. The van der Waals surface area contributed by atoms with Gasteiger partial charge in [0.15, 0.2) is 0 Å². The van der Waals surface area contributed by atoms with Crippen molar-refractivity contribution < 1.29 is 4.74 Å². The second-order valence-corrected chi connectivity index (χ2v) is 6.02. The van der Waals surface area contributed by atoms with Crippen LogP contribution in [0.4, 0.5) is 17.5 Å². The first kappa shape index (κ1) is 17.7. The molecular formula is C21H24N4O. The Kier molecular flexibility index (Phi) is 5.69. The van der Waals surface area contributed by atoms with Gasteiger partial charge in [0.1, 0.15) is 11.6 Å². The van der Waals surface area contributed by atoms with Gasteiger partial charge in [-0.1, -0.05) is 43.3 Å². The molecule has 2 aromatic carbocycles. The van der Waals surface area contributed by atoms with Crippen LogP contribution in [0, 0.1) is 6.92 Å². The lowest BCUT2D eigenvalue weighted by molar-refractivity contribution is 0.410. The van der Waals surface area contributed by atoms with E-state index in [1.807, 2.05) is 30.3 Å². The van der Waals surface area contributed by atoms with Crippen LogP contribution in [0.1, 0.15) is 23.6 Å². The summed E-state index contributed by atoms with van der Waals surface area (Å²) in [6.45, 7) is 4.86. The summed E-state index contributed by atoms with van der Waals surface area (Å²) in [5, 5.41) is 6.70. The summed E-state index contributed by atoms with van der Waals surface area (Å²) >= 11 is 0. The first-order valence-corrected chi connectivity index (χ1v) is 8.75. The van der Waals surface area contributed by atoms with Crippen LogP contribution in [0.2, 0.25) is 0 Å². The topological polar surface area (TPSA) is 59.1 Å². The monoisotopic (exact) mass is 348 g/mol. The molecule has 0 aliphatic carbocycles. The van der Waals surface area contributed by atoms with E-state index in [9.17, 15) is 0 Å². The lowest BCUT2D eigenvalue weighted by atomic mass is 10.1. The SMILES string of the molecule is CCc1cccc(C)c1Nc1nccc(NCc2ccccc2OC)n1. The van der Waals surface area contributed by atoms with E-state index in [1.165, 1.54) is 11.1 Å². The zero-order valence-corrected chi connectivity index (χ0v) is 15.4. The van der Waals surface area contributed by atoms with Crippen molar-refractivity contribution in [1.29, 1.82) is 0 Å². The quantitative estimate of drug-likeness (QED) is 0.647. The number of benzene rings is 2. The van der Waals surface area contributed by atoms with Gasteiger partial charge in [0.25, 0.3) is 0 Å². The van der Waals surface area contributed by atoms with Gasteiger partial charge in [0.05, 0.1) is 7.11 Å². The van der Waals surface area contributed by atoms with Gasteiger partial charge < -0.3 is 15.4 Å². The average Bonchev–Trinajstić information content (AvgIpc) is 2.68. The Bertz CT molecular complexity index is 879. The highest BCUT2D eigenvalue weighted by Crippen LogP contribution is 2.24. The maximum Gasteiger partial charge on any atom is 0.229 e. The molecule has 0 fully saturated rings. The molecule has 1 aromatic heterocycles. The van der Waals surface area contributed by atoms with Gasteiger partial charge in [-0.15, -0.1) is 0 Å². The Balaban J connectivity index is 1.75. The number of nitrogens with one attached hydrogen (secondary N) is 2. The molecule has 0 atom stereocenters. The summed E-state index contributed by atoms with van der Waals surface area (Å²) in [5.41, 5.74) is 4.59. The molecule has 0 saturated carbocycles. The van der Waals surface area contributed by atoms with E-state index in [0.717, 1.165) is 29.2 Å². The maximum atomic E-state index is 5.39. The largest absolute Gasteiger partial charge is 0.496 e. The van der Waals surface area contributed by atoms with Crippen molar-refractivity contribution >= 4 is 17.5 Å². The number of hydrogen-bond donors (Lipinski definition) is 2. The van der Waals surface area contributed by atoms with E-state index in [2.05, 4.69) is 52.6 Å². The highest BCUT2D eigenvalue weighted by Gasteiger charge is 2.07. The van der Waals surface area contributed by atoms with Crippen LogP contribution >= 0.6 is 0 Å². The number of para-hydroxylation sites is 2. The second-order valence-electron chi connectivity index (χ2n) is 6.02. The van der Waals surface area contributed by atoms with Crippen molar-refractivity contribution in [2.24, 2.45) is 0 Å². The third-order valence-corrected chi connectivity index (χ3v) is 4.28. The summed E-state index contributed by atoms with van der Waals surface area (Å²) in [5.74, 6) is 2.21. The van der Waals surface area contributed by atoms with Crippen LogP contribution < -0.4 is 15.4 Å². The van der Waals surface area contributed by atoms with E-state index in [4.69, 9.17) is 4.74 Å². The number of methoxy groups -OCH3 is 1. The van der Waals surface area contributed by atoms with Crippen LogP contribution in [-0.2, 0) is 13.0 Å². The van der Waals surface area contributed by atoms with Gasteiger partial charge >= 0.3 is 0 Å². The van der Waals surface area contributed by atoms with Crippen LogP contribution in [0.3, 0.4) is 0 Å². The summed E-state index contributed by atoms with van der Waals surface area (Å²) in [7, 11) is 1.68. The molecule has 0 saturated heterocycles. The van der Waals surface area contributed by atoms with Crippen molar-refractivity contribution in [3.63, 3.8) is 0 Å². The molecule has 0 aliphatic heterocycles. The molecule has 0 radical (unpaired) electrons. The summed E-state index contributed by atoms with van der Waals surface area (Å²) < 4.78 is 5.39. The fourth-order valence-electron chi connectivity index (χ4n) is 2.87. The minimum absolute atomic E-state index is 0.582. The summed E-state index contributed by atoms with van der Waals surface area (Å²) in [4.78, 5) is 8.93. The Hall–Kier alpha value is -3.08. The molecule has 0 aliphatic rings. The fraction of sp³-hybridized carbons (Fsp3) is 0.238. The van der Waals surface area contributed by atoms with Crippen LogP contribution in [0.25, 0.3) is 0 Å². The van der Waals surface area contributed by atoms with Gasteiger partial charge in [-0.05, 0) is 36.6 Å². The van der Waals surface area contributed by atoms with Crippen molar-refractivity contribution in [1.82, 2.24) is 9.97 Å². The molecule has 1 heterocycles. The third kappa shape index (κ3) is 4.11. The molecule has 0 spiro atoms. The van der Waals surface area contributed by atoms with Crippen LogP contribution in [0.15, 0.2) is 54.7 Å². The first-order chi connectivity index (χ1) is 12.7. The zero-order chi connectivity index (χ0) is 18.4. The molecule has 0 bridgehead atoms. The number of aryl methyl sites for hydroxylation is 2. The summed E-state index contributed by atoms with van der Waals surface area (Å²) in [6, 6.07) is 16.1. The molecule has 26 heavy (non-hydrogen) atoms. The fourth-order valence-corrected chi connectivity index (χ4v) is 2.87. The van der Waals surface area contributed by atoms with E-state index in [0.29, 0.717) is 12.5 Å². The Morgan fingerprint density at radius 3 is 2.62 bits per heavy atom. The number of ether oxygens (including phenoxy) is 1. The van der Waals surface area contributed by atoms with E-state index < -0.39 is 0 Å². The molecule has 2 N–H and O–H groups in total.